The van der Waals surface area contributed by atoms with Gasteiger partial charge in [-0.05, 0) is 31.2 Å². The summed E-state index contributed by atoms with van der Waals surface area (Å²) in [7, 11) is -3.62. The fraction of sp³-hybridized carbons (Fsp3) is 0.462. The van der Waals surface area contributed by atoms with Crippen LogP contribution in [0.2, 0.25) is 0 Å². The second-order valence-electron chi connectivity index (χ2n) is 5.13. The van der Waals surface area contributed by atoms with Crippen molar-refractivity contribution >= 4 is 33.0 Å². The Kier molecular flexibility index (Phi) is 4.09. The minimum atomic E-state index is -3.62. The van der Waals surface area contributed by atoms with Crippen molar-refractivity contribution in [2.24, 2.45) is 0 Å². The van der Waals surface area contributed by atoms with Gasteiger partial charge in [-0.15, -0.1) is 22.9 Å². The van der Waals surface area contributed by atoms with Crippen LogP contribution < -0.4 is 0 Å². The topological polar surface area (TPSA) is 66.1 Å². The molecular weight excluding hydrogens is 330 g/mol. The van der Waals surface area contributed by atoms with Gasteiger partial charge < -0.3 is 0 Å². The molecule has 0 spiro atoms. The van der Waals surface area contributed by atoms with E-state index in [1.165, 1.54) is 0 Å². The quantitative estimate of drug-likeness (QED) is 0.819. The molecule has 5 nitrogen and oxygen atoms in total. The maximum Gasteiger partial charge on any atom is 0.263 e. The van der Waals surface area contributed by atoms with Crippen molar-refractivity contribution in [3.63, 3.8) is 0 Å². The number of sulfonamides is 1. The average Bonchev–Trinajstić information content (AvgIpc) is 3.00. The van der Waals surface area contributed by atoms with Gasteiger partial charge in [0, 0.05) is 28.7 Å². The Hall–Kier alpha value is -0.890. The van der Waals surface area contributed by atoms with Gasteiger partial charge >= 0.3 is 0 Å². The lowest BCUT2D eigenvalue weighted by Gasteiger charge is -2.20. The molecule has 8 heteroatoms. The molecule has 1 aliphatic carbocycles. The van der Waals surface area contributed by atoms with Crippen LogP contribution in [0, 0.1) is 6.92 Å². The number of aromatic nitrogens is 2. The first-order chi connectivity index (χ1) is 10.0. The third kappa shape index (κ3) is 2.88. The number of hydrogen-bond donors (Lipinski definition) is 1. The molecule has 2 aromatic rings. The molecule has 1 saturated carbocycles. The third-order valence-corrected chi connectivity index (χ3v) is 6.57. The van der Waals surface area contributed by atoms with E-state index in [1.807, 2.05) is 17.5 Å². The lowest BCUT2D eigenvalue weighted by Crippen LogP contribution is -2.33. The van der Waals surface area contributed by atoms with E-state index in [2.05, 4.69) is 10.2 Å². The highest BCUT2D eigenvalue weighted by Crippen LogP contribution is 2.35. The van der Waals surface area contributed by atoms with Crippen LogP contribution in [0.3, 0.4) is 0 Å². The molecule has 0 amide bonds. The number of H-pyrrole nitrogens is 1. The molecule has 0 saturated heterocycles. The van der Waals surface area contributed by atoms with Crippen molar-refractivity contribution in [3.8, 4) is 0 Å². The Bertz CT molecular complexity index is 721. The molecule has 0 atom stereocenters. The van der Waals surface area contributed by atoms with Gasteiger partial charge in [0.05, 0.1) is 5.88 Å². The van der Waals surface area contributed by atoms with Crippen LogP contribution in [0.1, 0.15) is 29.0 Å². The summed E-state index contributed by atoms with van der Waals surface area (Å²) in [5.41, 5.74) is 1.27. The van der Waals surface area contributed by atoms with Gasteiger partial charge in [0.1, 0.15) is 0 Å². The standard InChI is InChI=1S/C13H16ClN3O2S2/c1-9-12(7-14)13(16-15-9)21(18,19)17(10-4-5-10)8-11-3-2-6-20-11/h2-3,6,10H,4-5,7-8H2,1H3,(H,15,16). The summed E-state index contributed by atoms with van der Waals surface area (Å²) in [6, 6.07) is 3.96. The molecule has 114 valence electrons. The maximum atomic E-state index is 12.9. The van der Waals surface area contributed by atoms with E-state index < -0.39 is 10.0 Å². The highest BCUT2D eigenvalue weighted by Gasteiger charge is 2.40. The van der Waals surface area contributed by atoms with Crippen LogP contribution in [0.4, 0.5) is 0 Å². The van der Waals surface area contributed by atoms with Crippen LogP contribution >= 0.6 is 22.9 Å². The first kappa shape index (κ1) is 15.0. The minimum Gasteiger partial charge on any atom is -0.281 e. The van der Waals surface area contributed by atoms with E-state index in [0.29, 0.717) is 17.8 Å². The smallest absolute Gasteiger partial charge is 0.263 e. The van der Waals surface area contributed by atoms with Gasteiger partial charge in [-0.2, -0.15) is 9.40 Å². The Morgan fingerprint density at radius 1 is 1.52 bits per heavy atom. The summed E-state index contributed by atoms with van der Waals surface area (Å²) in [5, 5.41) is 8.73. The van der Waals surface area contributed by atoms with E-state index in [-0.39, 0.29) is 16.9 Å². The molecule has 0 aromatic carbocycles. The number of hydrogen-bond acceptors (Lipinski definition) is 4. The SMILES string of the molecule is Cc1[nH]nc(S(=O)(=O)N(Cc2cccs2)C2CC2)c1CCl. The monoisotopic (exact) mass is 345 g/mol. The lowest BCUT2D eigenvalue weighted by atomic mass is 10.3. The predicted octanol–water partition coefficient (Wildman–Crippen LogP) is 2.87. The fourth-order valence-electron chi connectivity index (χ4n) is 2.24. The molecule has 0 unspecified atom stereocenters. The molecule has 21 heavy (non-hydrogen) atoms. The first-order valence-electron chi connectivity index (χ1n) is 6.68. The van der Waals surface area contributed by atoms with Crippen molar-refractivity contribution in [3.05, 3.63) is 33.6 Å². The summed E-state index contributed by atoms with van der Waals surface area (Å²) >= 11 is 7.45. The second-order valence-corrected chi connectivity index (χ2v) is 8.23. The van der Waals surface area contributed by atoms with Gasteiger partial charge in [0.25, 0.3) is 10.0 Å². The zero-order valence-corrected chi connectivity index (χ0v) is 13.9. The summed E-state index contributed by atoms with van der Waals surface area (Å²) in [6.45, 7) is 2.18. The summed E-state index contributed by atoms with van der Waals surface area (Å²) in [5.74, 6) is 0.133. The summed E-state index contributed by atoms with van der Waals surface area (Å²) < 4.78 is 27.4. The molecule has 1 aliphatic rings. The Labute approximate surface area is 133 Å². The van der Waals surface area contributed by atoms with E-state index in [0.717, 1.165) is 17.7 Å². The lowest BCUT2D eigenvalue weighted by molar-refractivity contribution is 0.399. The summed E-state index contributed by atoms with van der Waals surface area (Å²) in [4.78, 5) is 1.03. The molecule has 1 fully saturated rings. The molecule has 0 radical (unpaired) electrons. The second kappa shape index (κ2) is 5.72. The van der Waals surface area contributed by atoms with Crippen LogP contribution in [-0.4, -0.2) is 29.0 Å². The highest BCUT2D eigenvalue weighted by atomic mass is 35.5. The third-order valence-electron chi connectivity index (χ3n) is 3.57. The Morgan fingerprint density at radius 2 is 2.29 bits per heavy atom. The number of nitrogens with zero attached hydrogens (tertiary/aromatic N) is 2. The normalized spacial score (nSPS) is 15.8. The van der Waals surface area contributed by atoms with Gasteiger partial charge in [0.15, 0.2) is 5.03 Å². The number of aryl methyl sites for hydroxylation is 1. The van der Waals surface area contributed by atoms with E-state index >= 15 is 0 Å². The van der Waals surface area contributed by atoms with Crippen molar-refractivity contribution in [2.75, 3.05) is 0 Å². The molecule has 1 N–H and O–H groups in total. The zero-order chi connectivity index (χ0) is 15.0. The first-order valence-corrected chi connectivity index (χ1v) is 9.53. The zero-order valence-electron chi connectivity index (χ0n) is 11.5. The van der Waals surface area contributed by atoms with Crippen LogP contribution in [0.5, 0.6) is 0 Å². The molecule has 2 aromatic heterocycles. The van der Waals surface area contributed by atoms with Gasteiger partial charge in [-0.3, -0.25) is 5.10 Å². The average molecular weight is 346 g/mol. The van der Waals surface area contributed by atoms with Gasteiger partial charge in [0.2, 0.25) is 0 Å². The van der Waals surface area contributed by atoms with Crippen LogP contribution in [0.15, 0.2) is 22.5 Å². The van der Waals surface area contributed by atoms with Crippen molar-refractivity contribution in [2.45, 2.75) is 43.3 Å². The maximum absolute atomic E-state index is 12.9. The van der Waals surface area contributed by atoms with E-state index in [9.17, 15) is 8.42 Å². The van der Waals surface area contributed by atoms with E-state index in [4.69, 9.17) is 11.6 Å². The largest absolute Gasteiger partial charge is 0.281 e. The van der Waals surface area contributed by atoms with Crippen LogP contribution in [-0.2, 0) is 22.4 Å². The molecule has 3 rings (SSSR count). The predicted molar refractivity (Wildman–Crippen MR) is 83.0 cm³/mol. The number of alkyl halides is 1. The minimum absolute atomic E-state index is 0.0680. The molecule has 0 bridgehead atoms. The fourth-order valence-corrected chi connectivity index (χ4v) is 5.26. The summed E-state index contributed by atoms with van der Waals surface area (Å²) in [6.07, 6.45) is 1.81. The number of thiophene rings is 1. The molecular formula is C13H16ClN3O2S2. The molecule has 0 aliphatic heterocycles. The number of halogens is 1. The van der Waals surface area contributed by atoms with Crippen molar-refractivity contribution in [1.29, 1.82) is 0 Å². The van der Waals surface area contributed by atoms with Crippen molar-refractivity contribution in [1.82, 2.24) is 14.5 Å². The van der Waals surface area contributed by atoms with E-state index in [1.54, 1.807) is 22.6 Å². The highest BCUT2D eigenvalue weighted by molar-refractivity contribution is 7.89. The Morgan fingerprint density at radius 3 is 2.86 bits per heavy atom. The van der Waals surface area contributed by atoms with Gasteiger partial charge in [-0.25, -0.2) is 8.42 Å². The number of nitrogens with one attached hydrogen (secondary N) is 1. The molecule has 2 heterocycles. The van der Waals surface area contributed by atoms with Gasteiger partial charge in [-0.1, -0.05) is 6.07 Å². The number of rotatable bonds is 6. The number of aromatic amines is 1. The van der Waals surface area contributed by atoms with Crippen molar-refractivity contribution < 1.29 is 8.42 Å². The Balaban J connectivity index is 1.97. The van der Waals surface area contributed by atoms with Crippen LogP contribution in [0.25, 0.3) is 0 Å².